The number of halogens is 4. The molecule has 38 heavy (non-hydrogen) atoms. The van der Waals surface area contributed by atoms with Crippen molar-refractivity contribution in [2.24, 2.45) is 0 Å². The van der Waals surface area contributed by atoms with Crippen LogP contribution < -0.4 is 25.0 Å². The first kappa shape index (κ1) is 28.8. The van der Waals surface area contributed by atoms with Crippen molar-refractivity contribution in [2.75, 3.05) is 40.7 Å². The van der Waals surface area contributed by atoms with Gasteiger partial charge in [0.1, 0.15) is 17.1 Å². The maximum atomic E-state index is 13.7. The Labute approximate surface area is 222 Å². The predicted octanol–water partition coefficient (Wildman–Crippen LogP) is 4.87. The van der Waals surface area contributed by atoms with Gasteiger partial charge < -0.3 is 20.7 Å². The van der Waals surface area contributed by atoms with Crippen LogP contribution in [0, 0.1) is 0 Å². The Morgan fingerprint density at radius 1 is 1.18 bits per heavy atom. The number of sulfonamides is 1. The number of anilines is 5. The predicted molar refractivity (Wildman–Crippen MR) is 140 cm³/mol. The van der Waals surface area contributed by atoms with Gasteiger partial charge in [0, 0.05) is 38.5 Å². The third-order valence-electron chi connectivity index (χ3n) is 5.21. The lowest BCUT2D eigenvalue weighted by atomic mass is 10.1. The molecule has 0 atom stereocenters. The largest absolute Gasteiger partial charge is 0.497 e. The first-order chi connectivity index (χ1) is 17.7. The van der Waals surface area contributed by atoms with E-state index in [-0.39, 0.29) is 29.1 Å². The van der Waals surface area contributed by atoms with Gasteiger partial charge in [0.2, 0.25) is 21.9 Å². The van der Waals surface area contributed by atoms with Gasteiger partial charge in [-0.25, -0.2) is 13.4 Å². The van der Waals surface area contributed by atoms with Gasteiger partial charge in [-0.2, -0.15) is 18.2 Å². The Hall–Kier alpha value is -3.78. The third kappa shape index (κ3) is 7.16. The third-order valence-corrected chi connectivity index (χ3v) is 6.71. The molecule has 0 unspecified atom stereocenters. The molecule has 0 fully saturated rings. The van der Waals surface area contributed by atoms with E-state index in [1.165, 1.54) is 51.4 Å². The van der Waals surface area contributed by atoms with Gasteiger partial charge in [0.05, 0.1) is 29.8 Å². The molecule has 1 heterocycles. The molecule has 0 aliphatic rings. The number of ether oxygens (including phenoxy) is 1. The zero-order valence-corrected chi connectivity index (χ0v) is 22.2. The number of aromatic nitrogens is 2. The van der Waals surface area contributed by atoms with Crippen molar-refractivity contribution in [1.82, 2.24) is 9.97 Å². The molecule has 0 aliphatic carbocycles. The Morgan fingerprint density at radius 2 is 1.89 bits per heavy atom. The van der Waals surface area contributed by atoms with Crippen LogP contribution in [-0.4, -0.2) is 44.7 Å². The summed E-state index contributed by atoms with van der Waals surface area (Å²) in [4.78, 5) is 19.0. The summed E-state index contributed by atoms with van der Waals surface area (Å²) in [6.07, 6.45) is -3.14. The van der Waals surface area contributed by atoms with Gasteiger partial charge in [0.25, 0.3) is 0 Å². The number of hydrogen-bond donors (Lipinski definition) is 3. The number of rotatable bonds is 9. The van der Waals surface area contributed by atoms with Gasteiger partial charge in [0.15, 0.2) is 0 Å². The lowest BCUT2D eigenvalue weighted by molar-refractivity contribution is -0.137. The summed E-state index contributed by atoms with van der Waals surface area (Å²) >= 11 is 6.16. The van der Waals surface area contributed by atoms with Gasteiger partial charge in [-0.3, -0.25) is 9.10 Å². The maximum Gasteiger partial charge on any atom is 0.421 e. The Kier molecular flexibility index (Phi) is 8.57. The Balaban J connectivity index is 1.93. The highest BCUT2D eigenvalue weighted by Gasteiger charge is 2.35. The number of nitrogens with one attached hydrogen (secondary N) is 3. The van der Waals surface area contributed by atoms with Gasteiger partial charge in [-0.15, -0.1) is 0 Å². The average molecular weight is 573 g/mol. The fourth-order valence-electron chi connectivity index (χ4n) is 3.27. The summed E-state index contributed by atoms with van der Waals surface area (Å²) in [5.41, 5.74) is 0.194. The number of nitrogens with zero attached hydrogens (tertiary/aromatic N) is 3. The molecule has 204 valence electrons. The van der Waals surface area contributed by atoms with E-state index >= 15 is 0 Å². The van der Waals surface area contributed by atoms with Crippen molar-refractivity contribution in [2.45, 2.75) is 19.6 Å². The quantitative estimate of drug-likeness (QED) is 0.332. The molecule has 3 rings (SSSR count). The highest BCUT2D eigenvalue weighted by Crippen LogP contribution is 2.35. The Morgan fingerprint density at radius 3 is 2.47 bits per heavy atom. The minimum Gasteiger partial charge on any atom is -0.497 e. The van der Waals surface area contributed by atoms with Crippen LogP contribution in [0.3, 0.4) is 0 Å². The first-order valence-electron chi connectivity index (χ1n) is 10.8. The molecule has 0 aliphatic heterocycles. The molecule has 1 amide bonds. The van der Waals surface area contributed by atoms with Crippen LogP contribution in [0.1, 0.15) is 18.1 Å². The van der Waals surface area contributed by atoms with Crippen LogP contribution in [0.5, 0.6) is 5.75 Å². The van der Waals surface area contributed by atoms with E-state index in [9.17, 15) is 26.4 Å². The smallest absolute Gasteiger partial charge is 0.421 e. The van der Waals surface area contributed by atoms with Crippen molar-refractivity contribution in [3.05, 3.63) is 58.7 Å². The summed E-state index contributed by atoms with van der Waals surface area (Å²) in [7, 11) is -0.943. The van der Waals surface area contributed by atoms with E-state index in [1.54, 1.807) is 6.07 Å². The molecule has 0 radical (unpaired) electrons. The van der Waals surface area contributed by atoms with Crippen LogP contribution in [-0.2, 0) is 27.5 Å². The van der Waals surface area contributed by atoms with E-state index in [2.05, 4.69) is 25.9 Å². The SMILES string of the molecule is COc1ccc(CNc2nc(Nc3ccc(NC(C)=O)c(Cl)c3)ncc2C(F)(F)F)c(N(C)S(C)(=O)=O)c1. The average Bonchev–Trinajstić information content (AvgIpc) is 2.82. The van der Waals surface area contributed by atoms with Crippen molar-refractivity contribution in [1.29, 1.82) is 0 Å². The van der Waals surface area contributed by atoms with E-state index in [4.69, 9.17) is 16.3 Å². The summed E-state index contributed by atoms with van der Waals surface area (Å²) in [5, 5.41) is 8.15. The first-order valence-corrected chi connectivity index (χ1v) is 13.0. The topological polar surface area (TPSA) is 126 Å². The number of methoxy groups -OCH3 is 1. The Bertz CT molecular complexity index is 1450. The molecule has 0 spiro atoms. The number of amides is 1. The second-order valence-electron chi connectivity index (χ2n) is 8.03. The van der Waals surface area contributed by atoms with Crippen molar-refractivity contribution in [3.63, 3.8) is 0 Å². The van der Waals surface area contributed by atoms with Crippen molar-refractivity contribution >= 4 is 56.4 Å². The van der Waals surface area contributed by atoms with Crippen molar-refractivity contribution < 1.29 is 31.1 Å². The fourth-order valence-corrected chi connectivity index (χ4v) is 4.02. The second kappa shape index (κ2) is 11.3. The van der Waals surface area contributed by atoms with E-state index < -0.39 is 27.6 Å². The van der Waals surface area contributed by atoms with Crippen LogP contribution in [0.25, 0.3) is 0 Å². The molecular weight excluding hydrogens is 549 g/mol. The zero-order valence-electron chi connectivity index (χ0n) is 20.6. The molecule has 0 saturated heterocycles. The molecule has 1 aromatic heterocycles. The number of carbonyl (C=O) groups is 1. The van der Waals surface area contributed by atoms with Gasteiger partial charge >= 0.3 is 6.18 Å². The molecular formula is C23H24ClF3N6O4S. The van der Waals surface area contributed by atoms with E-state index in [1.807, 2.05) is 0 Å². The van der Waals surface area contributed by atoms with Crippen LogP contribution >= 0.6 is 11.6 Å². The minimum absolute atomic E-state index is 0.160. The van der Waals surface area contributed by atoms with E-state index in [0.29, 0.717) is 28.9 Å². The molecule has 0 saturated carbocycles. The summed E-state index contributed by atoms with van der Waals surface area (Å²) < 4.78 is 71.5. The van der Waals surface area contributed by atoms with Crippen LogP contribution in [0.15, 0.2) is 42.6 Å². The second-order valence-corrected chi connectivity index (χ2v) is 10.5. The highest BCUT2D eigenvalue weighted by molar-refractivity contribution is 7.92. The maximum absolute atomic E-state index is 13.7. The molecule has 10 nitrogen and oxygen atoms in total. The lowest BCUT2D eigenvalue weighted by Crippen LogP contribution is -2.26. The van der Waals surface area contributed by atoms with Crippen LogP contribution in [0.2, 0.25) is 5.02 Å². The van der Waals surface area contributed by atoms with Crippen LogP contribution in [0.4, 0.5) is 42.0 Å². The van der Waals surface area contributed by atoms with Gasteiger partial charge in [-0.1, -0.05) is 17.7 Å². The number of alkyl halides is 3. The molecule has 3 N–H and O–H groups in total. The number of benzene rings is 2. The van der Waals surface area contributed by atoms with Crippen molar-refractivity contribution in [3.8, 4) is 5.75 Å². The summed E-state index contributed by atoms with van der Waals surface area (Å²) in [6.45, 7) is 1.12. The van der Waals surface area contributed by atoms with Gasteiger partial charge in [-0.05, 0) is 29.8 Å². The summed E-state index contributed by atoms with van der Waals surface area (Å²) in [6, 6.07) is 9.06. The molecule has 3 aromatic rings. The molecule has 0 bridgehead atoms. The standard InChI is InChI=1S/C23H24ClF3N6O4S/c1-13(34)30-19-8-6-15(9-18(19)24)31-22-29-12-17(23(25,26)27)21(32-22)28-11-14-5-7-16(37-3)10-20(14)33(2)38(4,35)36/h5-10,12H,11H2,1-4H3,(H,30,34)(H2,28,29,31,32). The zero-order chi connectivity index (χ0) is 28.3. The summed E-state index contributed by atoms with van der Waals surface area (Å²) in [5.74, 6) is -0.643. The number of hydrogen-bond acceptors (Lipinski definition) is 8. The minimum atomic E-state index is -4.77. The normalized spacial score (nSPS) is 11.6. The molecule has 2 aromatic carbocycles. The lowest BCUT2D eigenvalue weighted by Gasteiger charge is -2.22. The monoisotopic (exact) mass is 572 g/mol. The molecule has 15 heteroatoms. The fraction of sp³-hybridized carbons (Fsp3) is 0.261. The number of carbonyl (C=O) groups excluding carboxylic acids is 1. The highest BCUT2D eigenvalue weighted by atomic mass is 35.5. The van der Waals surface area contributed by atoms with E-state index in [0.717, 1.165) is 10.6 Å².